The highest BCUT2D eigenvalue weighted by molar-refractivity contribution is 6.30. The van der Waals surface area contributed by atoms with Crippen LogP contribution in [0.4, 0.5) is 0 Å². The summed E-state index contributed by atoms with van der Waals surface area (Å²) in [5, 5.41) is 2.84. The zero-order chi connectivity index (χ0) is 14.7. The second-order valence-corrected chi connectivity index (χ2v) is 5.11. The van der Waals surface area contributed by atoms with Crippen LogP contribution in [-0.4, -0.2) is 41.6 Å². The third-order valence-electron chi connectivity index (χ3n) is 3.25. The second kappa shape index (κ2) is 6.15. The molecule has 1 aromatic rings. The number of hydrogen-bond acceptors (Lipinski definition) is 4. The minimum absolute atomic E-state index is 0.0410. The molecule has 1 aromatic carbocycles. The molecule has 1 atom stereocenters. The lowest BCUT2D eigenvalue weighted by Gasteiger charge is -2.32. The first kappa shape index (κ1) is 14.7. The Hall–Kier alpha value is -1.72. The SMILES string of the molecule is CCC1C(=O)NC(=O)CN1CC(=O)c1ccc(Cl)cc1. The first-order valence-electron chi connectivity index (χ1n) is 6.37. The molecule has 6 heteroatoms. The molecular weight excluding hydrogens is 280 g/mol. The molecule has 0 bridgehead atoms. The Morgan fingerprint density at radius 1 is 1.35 bits per heavy atom. The van der Waals surface area contributed by atoms with E-state index in [4.69, 9.17) is 11.6 Å². The third-order valence-corrected chi connectivity index (χ3v) is 3.50. The number of benzene rings is 1. The predicted molar refractivity (Wildman–Crippen MR) is 74.6 cm³/mol. The average Bonchev–Trinajstić information content (AvgIpc) is 2.39. The van der Waals surface area contributed by atoms with Gasteiger partial charge in [0, 0.05) is 10.6 Å². The Balaban J connectivity index is 2.10. The van der Waals surface area contributed by atoms with Gasteiger partial charge in [-0.3, -0.25) is 24.6 Å². The highest BCUT2D eigenvalue weighted by Gasteiger charge is 2.33. The van der Waals surface area contributed by atoms with Gasteiger partial charge in [-0.1, -0.05) is 18.5 Å². The van der Waals surface area contributed by atoms with Gasteiger partial charge in [0.05, 0.1) is 19.1 Å². The number of piperazine rings is 1. The number of imide groups is 1. The first-order valence-corrected chi connectivity index (χ1v) is 6.75. The molecule has 5 nitrogen and oxygen atoms in total. The summed E-state index contributed by atoms with van der Waals surface area (Å²) in [7, 11) is 0. The van der Waals surface area contributed by atoms with Gasteiger partial charge in [-0.2, -0.15) is 0 Å². The van der Waals surface area contributed by atoms with Gasteiger partial charge in [-0.05, 0) is 30.7 Å². The molecule has 1 fully saturated rings. The number of nitrogens with one attached hydrogen (secondary N) is 1. The van der Waals surface area contributed by atoms with Gasteiger partial charge in [-0.25, -0.2) is 0 Å². The minimum Gasteiger partial charge on any atom is -0.294 e. The predicted octanol–water partition coefficient (Wildman–Crippen LogP) is 1.26. The quantitative estimate of drug-likeness (QED) is 0.671. The van der Waals surface area contributed by atoms with Crippen LogP contribution in [0.25, 0.3) is 0 Å². The molecule has 1 unspecified atom stereocenters. The zero-order valence-corrected chi connectivity index (χ0v) is 11.8. The van der Waals surface area contributed by atoms with Crippen molar-refractivity contribution in [3.8, 4) is 0 Å². The Labute approximate surface area is 121 Å². The molecule has 2 rings (SSSR count). The van der Waals surface area contributed by atoms with E-state index >= 15 is 0 Å². The number of hydrogen-bond donors (Lipinski definition) is 1. The molecular formula is C14H15ClN2O3. The Bertz CT molecular complexity index is 542. The van der Waals surface area contributed by atoms with Crippen molar-refractivity contribution in [3.05, 3.63) is 34.9 Å². The summed E-state index contributed by atoms with van der Waals surface area (Å²) in [5.41, 5.74) is 0.516. The molecule has 1 heterocycles. The standard InChI is InChI=1S/C14H15ClN2O3/c1-2-11-14(20)16-13(19)8-17(11)7-12(18)9-3-5-10(15)6-4-9/h3-6,11H,2,7-8H2,1H3,(H,16,19,20). The molecule has 1 aliphatic heterocycles. The Kier molecular flexibility index (Phi) is 4.52. The van der Waals surface area contributed by atoms with Crippen molar-refractivity contribution in [2.24, 2.45) is 0 Å². The number of ketones is 1. The van der Waals surface area contributed by atoms with Crippen LogP contribution in [0.1, 0.15) is 23.7 Å². The van der Waals surface area contributed by atoms with Gasteiger partial charge in [0.15, 0.2) is 5.78 Å². The third kappa shape index (κ3) is 3.23. The molecule has 1 N–H and O–H groups in total. The summed E-state index contributed by atoms with van der Waals surface area (Å²) >= 11 is 5.77. The largest absolute Gasteiger partial charge is 0.294 e. The van der Waals surface area contributed by atoms with E-state index in [0.717, 1.165) is 0 Å². The van der Waals surface area contributed by atoms with Crippen LogP contribution in [0.5, 0.6) is 0 Å². The maximum atomic E-state index is 12.2. The molecule has 1 saturated heterocycles. The van der Waals surface area contributed by atoms with E-state index in [1.165, 1.54) is 0 Å². The zero-order valence-electron chi connectivity index (χ0n) is 11.1. The van der Waals surface area contributed by atoms with E-state index in [9.17, 15) is 14.4 Å². The number of Topliss-reactive ketones (excluding diaryl/α,β-unsaturated/α-hetero) is 1. The number of nitrogens with zero attached hydrogens (tertiary/aromatic N) is 1. The van der Waals surface area contributed by atoms with Crippen molar-refractivity contribution < 1.29 is 14.4 Å². The molecule has 0 aromatic heterocycles. The van der Waals surface area contributed by atoms with E-state index in [1.807, 2.05) is 6.92 Å². The Morgan fingerprint density at radius 3 is 2.60 bits per heavy atom. The lowest BCUT2D eigenvalue weighted by molar-refractivity contribution is -0.139. The second-order valence-electron chi connectivity index (χ2n) is 4.67. The van der Waals surface area contributed by atoms with Crippen molar-refractivity contribution in [1.29, 1.82) is 0 Å². The van der Waals surface area contributed by atoms with Crippen molar-refractivity contribution in [3.63, 3.8) is 0 Å². The minimum atomic E-state index is -0.441. The molecule has 1 aliphatic rings. The highest BCUT2D eigenvalue weighted by Crippen LogP contribution is 2.13. The lowest BCUT2D eigenvalue weighted by atomic mass is 10.1. The fourth-order valence-electron chi connectivity index (χ4n) is 2.24. The van der Waals surface area contributed by atoms with Gasteiger partial charge in [0.1, 0.15) is 0 Å². The number of amides is 2. The molecule has 0 aliphatic carbocycles. The highest BCUT2D eigenvalue weighted by atomic mass is 35.5. The summed E-state index contributed by atoms with van der Waals surface area (Å²) in [6, 6.07) is 6.11. The number of carbonyl (C=O) groups excluding carboxylic acids is 3. The maximum Gasteiger partial charge on any atom is 0.243 e. The molecule has 0 spiro atoms. The first-order chi connectivity index (χ1) is 9.51. The topological polar surface area (TPSA) is 66.5 Å². The van der Waals surface area contributed by atoms with Crippen LogP contribution in [0.3, 0.4) is 0 Å². The lowest BCUT2D eigenvalue weighted by Crippen LogP contribution is -2.58. The summed E-state index contributed by atoms with van der Waals surface area (Å²) in [4.78, 5) is 36.9. The molecule has 106 valence electrons. The summed E-state index contributed by atoms with van der Waals surface area (Å²) < 4.78 is 0. The van der Waals surface area contributed by atoms with Gasteiger partial charge in [0.25, 0.3) is 0 Å². The molecule has 0 saturated carbocycles. The van der Waals surface area contributed by atoms with Crippen molar-refractivity contribution in [1.82, 2.24) is 10.2 Å². The number of carbonyl (C=O) groups is 3. The van der Waals surface area contributed by atoms with E-state index in [1.54, 1.807) is 29.2 Å². The maximum absolute atomic E-state index is 12.2. The van der Waals surface area contributed by atoms with Crippen LogP contribution in [0.2, 0.25) is 5.02 Å². The molecule has 0 radical (unpaired) electrons. The van der Waals surface area contributed by atoms with Crippen LogP contribution >= 0.6 is 11.6 Å². The smallest absolute Gasteiger partial charge is 0.243 e. The van der Waals surface area contributed by atoms with E-state index in [-0.39, 0.29) is 30.7 Å². The van der Waals surface area contributed by atoms with Crippen LogP contribution < -0.4 is 5.32 Å². The van der Waals surface area contributed by atoms with Gasteiger partial charge in [-0.15, -0.1) is 0 Å². The number of rotatable bonds is 4. The Morgan fingerprint density at radius 2 is 2.00 bits per heavy atom. The van der Waals surface area contributed by atoms with Crippen LogP contribution in [-0.2, 0) is 9.59 Å². The monoisotopic (exact) mass is 294 g/mol. The molecule has 20 heavy (non-hydrogen) atoms. The number of halogens is 1. The summed E-state index contributed by atoms with van der Waals surface area (Å²) in [6.45, 7) is 1.95. The van der Waals surface area contributed by atoms with E-state index in [0.29, 0.717) is 17.0 Å². The van der Waals surface area contributed by atoms with Gasteiger partial charge >= 0.3 is 0 Å². The van der Waals surface area contributed by atoms with Crippen molar-refractivity contribution in [2.75, 3.05) is 13.1 Å². The van der Waals surface area contributed by atoms with Gasteiger partial charge < -0.3 is 0 Å². The normalized spacial score (nSPS) is 19.8. The van der Waals surface area contributed by atoms with Crippen LogP contribution in [0.15, 0.2) is 24.3 Å². The van der Waals surface area contributed by atoms with Crippen molar-refractivity contribution in [2.45, 2.75) is 19.4 Å². The fourth-order valence-corrected chi connectivity index (χ4v) is 2.37. The van der Waals surface area contributed by atoms with Crippen LogP contribution in [0, 0.1) is 0 Å². The van der Waals surface area contributed by atoms with Gasteiger partial charge in [0.2, 0.25) is 11.8 Å². The average molecular weight is 295 g/mol. The van der Waals surface area contributed by atoms with Crippen molar-refractivity contribution >= 4 is 29.2 Å². The van der Waals surface area contributed by atoms with E-state index < -0.39 is 6.04 Å². The summed E-state index contributed by atoms with van der Waals surface area (Å²) in [5.74, 6) is -0.848. The summed E-state index contributed by atoms with van der Waals surface area (Å²) in [6.07, 6.45) is 0.549. The molecule has 2 amide bonds. The fraction of sp³-hybridized carbons (Fsp3) is 0.357. The van der Waals surface area contributed by atoms with E-state index in [2.05, 4.69) is 5.32 Å².